The highest BCUT2D eigenvalue weighted by molar-refractivity contribution is 8.03. The number of phenols is 1. The summed E-state index contributed by atoms with van der Waals surface area (Å²) >= 11 is 1.91. The fourth-order valence-electron chi connectivity index (χ4n) is 5.95. The Morgan fingerprint density at radius 1 is 0.825 bits per heavy atom. The molecule has 8 nitrogen and oxygen atoms in total. The molecular formula is C48H72O8S. The van der Waals surface area contributed by atoms with Crippen molar-refractivity contribution in [1.29, 1.82) is 0 Å². The summed E-state index contributed by atoms with van der Waals surface area (Å²) in [4.78, 5) is 50.8. The van der Waals surface area contributed by atoms with Gasteiger partial charge in [-0.1, -0.05) is 63.5 Å². The first-order chi connectivity index (χ1) is 26.3. The maximum Gasteiger partial charge on any atom is 0.190 e. The lowest BCUT2D eigenvalue weighted by atomic mass is 9.84. The molecular weight excluding hydrogens is 737 g/mol. The van der Waals surface area contributed by atoms with Gasteiger partial charge in [-0.05, 0) is 128 Å². The van der Waals surface area contributed by atoms with Crippen LogP contribution in [-0.2, 0) is 14.3 Å². The van der Waals surface area contributed by atoms with E-state index in [4.69, 9.17) is 14.9 Å². The number of thioether (sulfide) groups is 1. The van der Waals surface area contributed by atoms with Crippen LogP contribution < -0.4 is 0 Å². The molecule has 318 valence electrons. The Kier molecular flexibility index (Phi) is 28.0. The maximum absolute atomic E-state index is 13.2. The third-order valence-corrected chi connectivity index (χ3v) is 9.45. The lowest BCUT2D eigenvalue weighted by molar-refractivity contribution is -0.123. The largest absolute Gasteiger partial charge is 0.513 e. The van der Waals surface area contributed by atoms with E-state index in [0.29, 0.717) is 31.2 Å². The van der Waals surface area contributed by atoms with E-state index in [0.717, 1.165) is 17.4 Å². The number of hydrogen-bond donors (Lipinski definition) is 3. The number of ketones is 4. The molecule has 1 aliphatic rings. The third kappa shape index (κ3) is 26.4. The smallest absolute Gasteiger partial charge is 0.190 e. The molecule has 2 rings (SSSR count). The van der Waals surface area contributed by atoms with Crippen molar-refractivity contribution in [1.82, 2.24) is 0 Å². The molecule has 1 aliphatic carbocycles. The molecule has 0 amide bonds. The van der Waals surface area contributed by atoms with Crippen molar-refractivity contribution in [3.63, 3.8) is 0 Å². The van der Waals surface area contributed by atoms with Gasteiger partial charge in [-0.3, -0.25) is 14.4 Å². The van der Waals surface area contributed by atoms with Crippen LogP contribution in [0.4, 0.5) is 0 Å². The van der Waals surface area contributed by atoms with Gasteiger partial charge in [0.2, 0.25) is 0 Å². The Labute approximate surface area is 348 Å². The molecule has 0 fully saturated rings. The fraction of sp³-hybridized carbons (Fsp3) is 0.500. The zero-order valence-electron chi connectivity index (χ0n) is 36.6. The van der Waals surface area contributed by atoms with Crippen LogP contribution in [0.3, 0.4) is 0 Å². The molecule has 0 aromatic heterocycles. The van der Waals surface area contributed by atoms with E-state index in [1.165, 1.54) is 74.5 Å². The zero-order chi connectivity index (χ0) is 44.6. The summed E-state index contributed by atoms with van der Waals surface area (Å²) in [7, 11) is 0. The number of allylic oxidation sites excluding steroid dienone is 6. The van der Waals surface area contributed by atoms with E-state index in [1.807, 2.05) is 18.7 Å². The van der Waals surface area contributed by atoms with Crippen LogP contribution in [0, 0.1) is 17.8 Å². The predicted molar refractivity (Wildman–Crippen MR) is 241 cm³/mol. The van der Waals surface area contributed by atoms with E-state index < -0.39 is 11.9 Å². The van der Waals surface area contributed by atoms with E-state index in [-0.39, 0.29) is 69.8 Å². The molecule has 0 spiro atoms. The van der Waals surface area contributed by atoms with Gasteiger partial charge in [0.05, 0.1) is 29.3 Å². The van der Waals surface area contributed by atoms with Gasteiger partial charge in [0.1, 0.15) is 17.3 Å². The van der Waals surface area contributed by atoms with Crippen LogP contribution in [-0.4, -0.2) is 56.4 Å². The third-order valence-electron chi connectivity index (χ3n) is 8.32. The van der Waals surface area contributed by atoms with Crippen LogP contribution in [0.2, 0.25) is 0 Å². The van der Waals surface area contributed by atoms with Crippen LogP contribution in [0.1, 0.15) is 147 Å². The summed E-state index contributed by atoms with van der Waals surface area (Å²) in [5.74, 6) is 1.96. The van der Waals surface area contributed by atoms with Gasteiger partial charge in [0.25, 0.3) is 0 Å². The second-order valence-electron chi connectivity index (χ2n) is 15.7. The number of rotatable bonds is 21. The first kappa shape index (κ1) is 54.9. The van der Waals surface area contributed by atoms with E-state index >= 15 is 0 Å². The van der Waals surface area contributed by atoms with Crippen molar-refractivity contribution in [3.05, 3.63) is 108 Å². The van der Waals surface area contributed by atoms with Gasteiger partial charge in [-0.2, -0.15) is 0 Å². The van der Waals surface area contributed by atoms with Crippen molar-refractivity contribution >= 4 is 41.0 Å². The number of carbonyl (C=O) groups excluding carboxylic acids is 4. The number of aliphatic hydroxyl groups excluding tert-OH is 2. The van der Waals surface area contributed by atoms with E-state index in [9.17, 15) is 24.3 Å². The van der Waals surface area contributed by atoms with Crippen LogP contribution in [0.5, 0.6) is 5.75 Å². The summed E-state index contributed by atoms with van der Waals surface area (Å²) < 4.78 is 6.21. The van der Waals surface area contributed by atoms with Crippen molar-refractivity contribution in [2.45, 2.75) is 133 Å². The summed E-state index contributed by atoms with van der Waals surface area (Å²) in [5, 5.41) is 25.8. The molecule has 0 heterocycles. The van der Waals surface area contributed by atoms with Crippen molar-refractivity contribution in [2.24, 2.45) is 17.8 Å². The monoisotopic (exact) mass is 808 g/mol. The van der Waals surface area contributed by atoms with Crippen molar-refractivity contribution in [2.75, 3.05) is 5.75 Å². The topological polar surface area (TPSA) is 138 Å². The summed E-state index contributed by atoms with van der Waals surface area (Å²) in [6, 6.07) is 2.93. The lowest BCUT2D eigenvalue weighted by Crippen LogP contribution is -2.28. The number of ether oxygens (including phenoxy) is 1. The molecule has 1 aromatic carbocycles. The minimum absolute atomic E-state index is 0.0110. The van der Waals surface area contributed by atoms with Gasteiger partial charge in [0.15, 0.2) is 11.6 Å². The number of fused-ring (bicyclic) bond motifs is 1. The summed E-state index contributed by atoms with van der Waals surface area (Å²) in [6.45, 7) is 40.4. The van der Waals surface area contributed by atoms with Crippen molar-refractivity contribution < 1.29 is 39.2 Å². The maximum atomic E-state index is 13.2. The molecule has 9 heteroatoms. The predicted octanol–water partition coefficient (Wildman–Crippen LogP) is 12.9. The van der Waals surface area contributed by atoms with E-state index in [1.54, 1.807) is 19.9 Å². The molecule has 57 heavy (non-hydrogen) atoms. The fourth-order valence-corrected chi connectivity index (χ4v) is 6.77. The van der Waals surface area contributed by atoms with Crippen LogP contribution in [0.15, 0.2) is 90.8 Å². The Hall–Kier alpha value is -4.21. The number of hydrogen-bond acceptors (Lipinski definition) is 9. The van der Waals surface area contributed by atoms with Gasteiger partial charge in [-0.15, -0.1) is 24.9 Å². The first-order valence-electron chi connectivity index (χ1n) is 19.5. The molecule has 0 saturated carbocycles. The molecule has 0 saturated heterocycles. The standard InChI is InChI=1S/C28H34O6.C14H26S.2C3H6O/c1-7-20-9-11-24(31)27-25(32)15-22(28(33)26(20)27)13-18(5)34-23(10-8-17(4)29)14-21(19(6)30)12-16(2)3;1-11(2)7-8-14(9-12(3)4)10-15-13(5)6;2*1-3(2)4/h7,9,11,15,18,21,23,31H,1-2,8,10,12-14H2,3-6H3;12,14H,1,5,7-10H2,2-4,6H3;2*4H,1H2,2H3. The quantitative estimate of drug-likeness (QED) is 0.0818. The second kappa shape index (κ2) is 29.1. The van der Waals surface area contributed by atoms with Crippen LogP contribution >= 0.6 is 11.8 Å². The number of aliphatic hydroxyl groups is 2. The summed E-state index contributed by atoms with van der Waals surface area (Å²) in [5.41, 5.74) is 3.11. The van der Waals surface area contributed by atoms with E-state index in [2.05, 4.69) is 67.2 Å². The highest BCUT2D eigenvalue weighted by Gasteiger charge is 2.31. The molecule has 0 radical (unpaired) electrons. The molecule has 3 N–H and O–H groups in total. The Bertz CT molecular complexity index is 1570. The molecule has 0 bridgehead atoms. The highest BCUT2D eigenvalue weighted by atomic mass is 32.2. The number of phenolic OH excluding ortho intramolecular Hbond substituents is 1. The minimum Gasteiger partial charge on any atom is -0.513 e. The SMILES string of the molecule is C=C(C)CCC(CSC(=C)C)CC(C)C.C=C(C)O.C=C(C)O.C=Cc1ccc(O)c2c1C(=O)C(CC(C)OC(CCC(C)=O)CC(CC(=C)C)C(C)=O)=CC2=O. The molecule has 4 unspecified atom stereocenters. The Balaban J connectivity index is 0. The van der Waals surface area contributed by atoms with Crippen molar-refractivity contribution in [3.8, 4) is 5.75 Å². The number of carbonyl (C=O) groups is 4. The normalized spacial score (nSPS) is 13.6. The first-order valence-corrected chi connectivity index (χ1v) is 20.5. The average molecular weight is 809 g/mol. The van der Waals surface area contributed by atoms with Crippen LogP contribution in [0.25, 0.3) is 6.08 Å². The molecule has 0 aliphatic heterocycles. The van der Waals surface area contributed by atoms with Gasteiger partial charge >= 0.3 is 0 Å². The number of benzene rings is 1. The zero-order valence-corrected chi connectivity index (χ0v) is 37.4. The average Bonchev–Trinajstić information content (AvgIpc) is 3.05. The second-order valence-corrected chi connectivity index (χ2v) is 17.0. The number of aromatic hydroxyl groups is 1. The Morgan fingerprint density at radius 2 is 1.39 bits per heavy atom. The molecule has 1 aromatic rings. The minimum atomic E-state index is -0.441. The lowest BCUT2D eigenvalue weighted by Gasteiger charge is -2.27. The van der Waals surface area contributed by atoms with Gasteiger partial charge in [0, 0.05) is 35.6 Å². The Morgan fingerprint density at radius 3 is 1.82 bits per heavy atom. The highest BCUT2D eigenvalue weighted by Crippen LogP contribution is 2.34. The number of Topliss-reactive ketones (excluding diaryl/α,β-unsaturated/α-hetero) is 3. The van der Waals surface area contributed by atoms with Gasteiger partial charge < -0.3 is 24.9 Å². The molecule has 4 atom stereocenters. The summed E-state index contributed by atoms with van der Waals surface area (Å²) in [6.07, 6.45) is 7.68. The van der Waals surface area contributed by atoms with Gasteiger partial charge in [-0.25, -0.2) is 0 Å².